The van der Waals surface area contributed by atoms with Gasteiger partial charge >= 0.3 is 0 Å². The molecule has 20 heavy (non-hydrogen) atoms. The Morgan fingerprint density at radius 1 is 1.20 bits per heavy atom. The molecular weight excluding hydrogens is 272 g/mol. The van der Waals surface area contributed by atoms with Crippen LogP contribution in [-0.4, -0.2) is 35.5 Å². The molecule has 4 nitrogen and oxygen atoms in total. The van der Waals surface area contributed by atoms with Gasteiger partial charge in [-0.2, -0.15) is 0 Å². The molecule has 108 valence electrons. The van der Waals surface area contributed by atoms with Crippen LogP contribution in [0.25, 0.3) is 10.8 Å². The fourth-order valence-electron chi connectivity index (χ4n) is 2.39. The summed E-state index contributed by atoms with van der Waals surface area (Å²) in [6.07, 6.45) is 3.69. The summed E-state index contributed by atoms with van der Waals surface area (Å²) in [4.78, 5) is 10.8. The Balaban J connectivity index is 2.61. The molecule has 0 aromatic carbocycles. The third-order valence-electron chi connectivity index (χ3n) is 3.34. The summed E-state index contributed by atoms with van der Waals surface area (Å²) in [6, 6.07) is 1.76. The van der Waals surface area contributed by atoms with E-state index in [1.54, 1.807) is 6.20 Å². The van der Waals surface area contributed by atoms with Gasteiger partial charge in [0.15, 0.2) is 0 Å². The molecule has 2 rings (SSSR count). The van der Waals surface area contributed by atoms with Crippen LogP contribution in [0, 0.1) is 0 Å². The average molecular weight is 293 g/mol. The van der Waals surface area contributed by atoms with E-state index < -0.39 is 0 Å². The highest BCUT2D eigenvalue weighted by Crippen LogP contribution is 2.29. The molecule has 0 saturated carbocycles. The summed E-state index contributed by atoms with van der Waals surface area (Å²) in [6.45, 7) is 5.03. The molecule has 0 amide bonds. The highest BCUT2D eigenvalue weighted by atomic mass is 35.5. The van der Waals surface area contributed by atoms with Gasteiger partial charge in [0.2, 0.25) is 0 Å². The van der Waals surface area contributed by atoms with Crippen LogP contribution in [0.3, 0.4) is 0 Å². The molecule has 0 fully saturated rings. The number of hydrogen-bond donors (Lipinski definition) is 1. The van der Waals surface area contributed by atoms with Crippen molar-refractivity contribution in [2.24, 2.45) is 5.73 Å². The minimum atomic E-state index is -0.142. The summed E-state index contributed by atoms with van der Waals surface area (Å²) >= 11 is 6.04. The van der Waals surface area contributed by atoms with Gasteiger partial charge in [0.1, 0.15) is 5.15 Å². The molecule has 2 aromatic rings. The lowest BCUT2D eigenvalue weighted by Gasteiger charge is -2.19. The Kier molecular flexibility index (Phi) is 4.58. The molecule has 2 N–H and O–H groups in total. The summed E-state index contributed by atoms with van der Waals surface area (Å²) in [7, 11) is 4.00. The van der Waals surface area contributed by atoms with Crippen molar-refractivity contribution in [3.8, 4) is 0 Å². The molecule has 0 spiro atoms. The monoisotopic (exact) mass is 292 g/mol. The Morgan fingerprint density at radius 2 is 1.90 bits per heavy atom. The third kappa shape index (κ3) is 3.08. The molecule has 0 aliphatic rings. The quantitative estimate of drug-likeness (QED) is 0.880. The van der Waals surface area contributed by atoms with Crippen molar-refractivity contribution >= 4 is 22.4 Å². The summed E-state index contributed by atoms with van der Waals surface area (Å²) < 4.78 is 0. The van der Waals surface area contributed by atoms with Gasteiger partial charge in [0.25, 0.3) is 0 Å². The molecule has 5 heteroatoms. The number of aromatic nitrogens is 2. The van der Waals surface area contributed by atoms with Crippen molar-refractivity contribution in [1.82, 2.24) is 14.9 Å². The van der Waals surface area contributed by atoms with E-state index in [0.29, 0.717) is 11.1 Å². The van der Waals surface area contributed by atoms with E-state index in [9.17, 15) is 0 Å². The van der Waals surface area contributed by atoms with Gasteiger partial charge < -0.3 is 10.6 Å². The lowest BCUT2D eigenvalue weighted by molar-refractivity contribution is 0.374. The third-order valence-corrected chi connectivity index (χ3v) is 3.54. The van der Waals surface area contributed by atoms with Crippen molar-refractivity contribution in [2.45, 2.75) is 25.8 Å². The summed E-state index contributed by atoms with van der Waals surface area (Å²) in [5.74, 6) is 0.377. The first kappa shape index (κ1) is 15.2. The Morgan fingerprint density at radius 3 is 2.50 bits per heavy atom. The second-order valence-corrected chi connectivity index (χ2v) is 6.06. The van der Waals surface area contributed by atoms with Crippen LogP contribution in [0.15, 0.2) is 18.5 Å². The van der Waals surface area contributed by atoms with Crippen LogP contribution in [0.2, 0.25) is 5.15 Å². The SMILES string of the molecule is CC(C)c1cnc(C(N)CN(C)C)c2cnc(Cl)cc12. The van der Waals surface area contributed by atoms with E-state index in [1.807, 2.05) is 26.4 Å². The van der Waals surface area contributed by atoms with Crippen LogP contribution in [0.5, 0.6) is 0 Å². The minimum absolute atomic E-state index is 0.142. The van der Waals surface area contributed by atoms with Crippen molar-refractivity contribution in [2.75, 3.05) is 20.6 Å². The molecule has 0 aliphatic heterocycles. The Labute approximate surface area is 125 Å². The van der Waals surface area contributed by atoms with Crippen molar-refractivity contribution in [1.29, 1.82) is 0 Å². The minimum Gasteiger partial charge on any atom is -0.322 e. The van der Waals surface area contributed by atoms with Crippen molar-refractivity contribution in [3.63, 3.8) is 0 Å². The highest BCUT2D eigenvalue weighted by Gasteiger charge is 2.16. The number of halogens is 1. The topological polar surface area (TPSA) is 55.0 Å². The second kappa shape index (κ2) is 6.04. The number of pyridine rings is 2. The number of likely N-dealkylation sites (N-methyl/N-ethyl adjacent to an activating group) is 1. The maximum Gasteiger partial charge on any atom is 0.129 e. The van der Waals surface area contributed by atoms with E-state index in [2.05, 4.69) is 28.7 Å². The van der Waals surface area contributed by atoms with Crippen LogP contribution < -0.4 is 5.73 Å². The first-order valence-electron chi connectivity index (χ1n) is 6.74. The van der Waals surface area contributed by atoms with Gasteiger partial charge in [-0.1, -0.05) is 25.4 Å². The van der Waals surface area contributed by atoms with Gasteiger partial charge in [-0.25, -0.2) is 4.98 Å². The van der Waals surface area contributed by atoms with Gasteiger partial charge in [0.05, 0.1) is 11.7 Å². The molecule has 0 radical (unpaired) electrons. The first-order chi connectivity index (χ1) is 9.40. The van der Waals surface area contributed by atoms with Crippen molar-refractivity contribution in [3.05, 3.63) is 34.9 Å². The number of nitrogens with zero attached hydrogens (tertiary/aromatic N) is 3. The van der Waals surface area contributed by atoms with E-state index in [0.717, 1.165) is 23.0 Å². The number of rotatable bonds is 4. The van der Waals surface area contributed by atoms with Gasteiger partial charge in [-0.05, 0) is 37.0 Å². The first-order valence-corrected chi connectivity index (χ1v) is 7.12. The van der Waals surface area contributed by atoms with Crippen molar-refractivity contribution < 1.29 is 0 Å². The highest BCUT2D eigenvalue weighted by molar-refractivity contribution is 6.30. The zero-order valence-corrected chi connectivity index (χ0v) is 13.1. The molecule has 1 atom stereocenters. The predicted molar refractivity (Wildman–Crippen MR) is 84.1 cm³/mol. The molecule has 0 saturated heterocycles. The number of fused-ring (bicyclic) bond motifs is 1. The van der Waals surface area contributed by atoms with E-state index in [-0.39, 0.29) is 6.04 Å². The maximum absolute atomic E-state index is 6.26. The van der Waals surface area contributed by atoms with Gasteiger partial charge in [-0.3, -0.25) is 4.98 Å². The molecular formula is C15H21ClN4. The lowest BCUT2D eigenvalue weighted by Crippen LogP contribution is -2.27. The standard InChI is InChI=1S/C15H21ClN4/c1-9(2)11-6-19-15(13(17)8-20(3)4)12-7-18-14(16)5-10(11)12/h5-7,9,13H,8,17H2,1-4H3. The zero-order chi connectivity index (χ0) is 14.9. The average Bonchev–Trinajstić information content (AvgIpc) is 2.35. The van der Waals surface area contributed by atoms with E-state index in [4.69, 9.17) is 17.3 Å². The van der Waals surface area contributed by atoms with Gasteiger partial charge in [0, 0.05) is 24.3 Å². The Hall–Kier alpha value is -1.23. The molecule has 0 bridgehead atoms. The zero-order valence-electron chi connectivity index (χ0n) is 12.4. The van der Waals surface area contributed by atoms with Crippen LogP contribution in [0.4, 0.5) is 0 Å². The fourth-order valence-corrected chi connectivity index (χ4v) is 2.54. The second-order valence-electron chi connectivity index (χ2n) is 5.67. The van der Waals surface area contributed by atoms with Gasteiger partial charge in [-0.15, -0.1) is 0 Å². The molecule has 1 unspecified atom stereocenters. The largest absolute Gasteiger partial charge is 0.322 e. The smallest absolute Gasteiger partial charge is 0.129 e. The summed E-state index contributed by atoms with van der Waals surface area (Å²) in [5.41, 5.74) is 8.31. The van der Waals surface area contributed by atoms with Crippen LogP contribution in [0.1, 0.15) is 37.1 Å². The lowest BCUT2D eigenvalue weighted by atomic mass is 9.97. The summed E-state index contributed by atoms with van der Waals surface area (Å²) in [5, 5.41) is 2.59. The number of nitrogens with two attached hydrogens (primary N) is 1. The Bertz CT molecular complexity index is 610. The maximum atomic E-state index is 6.26. The van der Waals surface area contributed by atoms with Crippen LogP contribution >= 0.6 is 11.6 Å². The molecule has 2 aromatic heterocycles. The fraction of sp³-hybridized carbons (Fsp3) is 0.467. The van der Waals surface area contributed by atoms with E-state index in [1.165, 1.54) is 5.56 Å². The molecule has 2 heterocycles. The molecule has 0 aliphatic carbocycles. The van der Waals surface area contributed by atoms with E-state index >= 15 is 0 Å². The normalized spacial score (nSPS) is 13.4. The number of hydrogen-bond acceptors (Lipinski definition) is 4. The van der Waals surface area contributed by atoms with Crippen LogP contribution in [-0.2, 0) is 0 Å². The predicted octanol–water partition coefficient (Wildman–Crippen LogP) is 2.97.